The summed E-state index contributed by atoms with van der Waals surface area (Å²) in [7, 11) is 0. The van der Waals surface area contributed by atoms with Crippen molar-refractivity contribution in [2.45, 2.75) is 43.5 Å². The van der Waals surface area contributed by atoms with Crippen LogP contribution in [0.2, 0.25) is 5.02 Å². The topological polar surface area (TPSA) is 12.0 Å². The molecule has 2 rings (SSSR count). The first kappa shape index (κ1) is 16.4. The van der Waals surface area contributed by atoms with Crippen LogP contribution in [0.15, 0.2) is 53.4 Å². The quantitative estimate of drug-likeness (QED) is 0.728. The second kappa shape index (κ2) is 7.35. The van der Waals surface area contributed by atoms with Crippen LogP contribution in [0.1, 0.15) is 31.9 Å². The van der Waals surface area contributed by atoms with Crippen LogP contribution in [-0.4, -0.2) is 5.54 Å². The molecule has 0 radical (unpaired) electrons. The Balaban J connectivity index is 1.95. The minimum atomic E-state index is 0.143. The maximum atomic E-state index is 6.02. The van der Waals surface area contributed by atoms with E-state index >= 15 is 0 Å². The Morgan fingerprint density at radius 3 is 2.43 bits per heavy atom. The maximum Gasteiger partial charge on any atom is 0.0409 e. The molecule has 0 aliphatic heterocycles. The largest absolute Gasteiger partial charge is 0.308 e. The Hall–Kier alpha value is -0.960. The van der Waals surface area contributed by atoms with E-state index in [0.29, 0.717) is 0 Å². The van der Waals surface area contributed by atoms with Crippen LogP contribution in [0.25, 0.3) is 0 Å². The molecule has 0 aliphatic rings. The van der Waals surface area contributed by atoms with Crippen LogP contribution in [0, 0.1) is 0 Å². The fourth-order valence-electron chi connectivity index (χ4n) is 1.91. The molecular weight excluding hydrogens is 298 g/mol. The zero-order valence-corrected chi connectivity index (χ0v) is 14.4. The third-order valence-corrected chi connectivity index (χ3v) is 4.32. The van der Waals surface area contributed by atoms with Crippen molar-refractivity contribution in [1.82, 2.24) is 5.32 Å². The molecule has 0 saturated carbocycles. The molecule has 1 nitrogen and oxygen atoms in total. The van der Waals surface area contributed by atoms with Gasteiger partial charge in [0.25, 0.3) is 0 Å². The zero-order valence-electron chi connectivity index (χ0n) is 12.8. The van der Waals surface area contributed by atoms with Gasteiger partial charge < -0.3 is 5.32 Å². The average Bonchev–Trinajstić information content (AvgIpc) is 2.43. The maximum absolute atomic E-state index is 6.02. The van der Waals surface area contributed by atoms with E-state index in [0.717, 1.165) is 17.3 Å². The van der Waals surface area contributed by atoms with Crippen molar-refractivity contribution < 1.29 is 0 Å². The van der Waals surface area contributed by atoms with Crippen LogP contribution in [-0.2, 0) is 12.3 Å². The predicted octanol–water partition coefficient (Wildman–Crippen LogP) is 5.52. The minimum absolute atomic E-state index is 0.143. The highest BCUT2D eigenvalue weighted by Gasteiger charge is 2.08. The van der Waals surface area contributed by atoms with Gasteiger partial charge in [-0.1, -0.05) is 35.9 Å². The van der Waals surface area contributed by atoms with Crippen molar-refractivity contribution >= 4 is 23.4 Å². The lowest BCUT2D eigenvalue weighted by Gasteiger charge is -2.20. The molecule has 0 aromatic heterocycles. The lowest BCUT2D eigenvalue weighted by Crippen LogP contribution is -2.35. The van der Waals surface area contributed by atoms with Gasteiger partial charge in [-0.2, -0.15) is 0 Å². The molecular formula is C18H22ClNS. The van der Waals surface area contributed by atoms with Gasteiger partial charge in [-0.15, -0.1) is 11.8 Å². The van der Waals surface area contributed by atoms with E-state index in [9.17, 15) is 0 Å². The van der Waals surface area contributed by atoms with Crippen LogP contribution in [0.5, 0.6) is 0 Å². The molecule has 112 valence electrons. The summed E-state index contributed by atoms with van der Waals surface area (Å²) in [4.78, 5) is 1.29. The van der Waals surface area contributed by atoms with Crippen LogP contribution in [0.4, 0.5) is 0 Å². The normalized spacial score (nSPS) is 11.6. The van der Waals surface area contributed by atoms with E-state index in [-0.39, 0.29) is 5.54 Å². The van der Waals surface area contributed by atoms with Crippen molar-refractivity contribution in [1.29, 1.82) is 0 Å². The molecule has 0 unspecified atom stereocenters. The molecule has 0 spiro atoms. The van der Waals surface area contributed by atoms with Gasteiger partial charge in [0, 0.05) is 27.8 Å². The minimum Gasteiger partial charge on any atom is -0.308 e. The van der Waals surface area contributed by atoms with E-state index < -0.39 is 0 Å². The molecule has 0 fully saturated rings. The summed E-state index contributed by atoms with van der Waals surface area (Å²) in [6.07, 6.45) is 0. The molecule has 0 aliphatic carbocycles. The molecule has 2 aromatic rings. The lowest BCUT2D eigenvalue weighted by molar-refractivity contribution is 0.424. The van der Waals surface area contributed by atoms with E-state index in [2.05, 4.69) is 56.4 Å². The summed E-state index contributed by atoms with van der Waals surface area (Å²) in [5.41, 5.74) is 2.72. The third-order valence-electron chi connectivity index (χ3n) is 3.02. The summed E-state index contributed by atoms with van der Waals surface area (Å²) in [5, 5.41) is 4.32. The first-order valence-corrected chi connectivity index (χ1v) is 8.50. The number of rotatable bonds is 5. The molecule has 3 heteroatoms. The number of benzene rings is 2. The Bertz CT molecular complexity index is 590. The van der Waals surface area contributed by atoms with Gasteiger partial charge in [0.05, 0.1) is 0 Å². The molecule has 0 heterocycles. The first-order chi connectivity index (χ1) is 9.92. The second-order valence-corrected chi connectivity index (χ2v) is 7.65. The molecule has 0 atom stereocenters. The summed E-state index contributed by atoms with van der Waals surface area (Å²) < 4.78 is 0. The third kappa shape index (κ3) is 6.13. The highest BCUT2D eigenvalue weighted by molar-refractivity contribution is 7.98. The number of thioether (sulfide) groups is 1. The van der Waals surface area contributed by atoms with E-state index in [4.69, 9.17) is 11.6 Å². The van der Waals surface area contributed by atoms with Gasteiger partial charge >= 0.3 is 0 Å². The van der Waals surface area contributed by atoms with Crippen LogP contribution >= 0.6 is 23.4 Å². The van der Waals surface area contributed by atoms with Gasteiger partial charge in [0.2, 0.25) is 0 Å². The fourth-order valence-corrected chi connectivity index (χ4v) is 3.04. The molecule has 0 saturated heterocycles. The highest BCUT2D eigenvalue weighted by Crippen LogP contribution is 2.25. The van der Waals surface area contributed by atoms with Gasteiger partial charge in [0.15, 0.2) is 0 Å². The number of hydrogen-bond donors (Lipinski definition) is 1. The van der Waals surface area contributed by atoms with E-state index in [1.807, 2.05) is 30.0 Å². The monoisotopic (exact) mass is 319 g/mol. The van der Waals surface area contributed by atoms with Gasteiger partial charge in [-0.05, 0) is 56.2 Å². The lowest BCUT2D eigenvalue weighted by atomic mass is 10.1. The Morgan fingerprint density at radius 2 is 1.71 bits per heavy atom. The van der Waals surface area contributed by atoms with E-state index in [1.54, 1.807) is 0 Å². The summed E-state index contributed by atoms with van der Waals surface area (Å²) in [5.74, 6) is 0.941. The molecule has 0 amide bonds. The van der Waals surface area contributed by atoms with Gasteiger partial charge in [-0.25, -0.2) is 0 Å². The standard InChI is InChI=1S/C18H22ClNS/c1-18(2,3)20-12-14-6-5-9-17(11-14)21-13-15-7-4-8-16(19)10-15/h4-11,20H,12-13H2,1-3H3. The summed E-state index contributed by atoms with van der Waals surface area (Å²) in [6.45, 7) is 7.45. The average molecular weight is 320 g/mol. The Morgan fingerprint density at radius 1 is 1.00 bits per heavy atom. The van der Waals surface area contributed by atoms with Crippen LogP contribution < -0.4 is 5.32 Å². The van der Waals surface area contributed by atoms with Gasteiger partial charge in [-0.3, -0.25) is 0 Å². The SMILES string of the molecule is CC(C)(C)NCc1cccc(SCc2cccc(Cl)c2)c1. The summed E-state index contributed by atoms with van der Waals surface area (Å²) >= 11 is 7.86. The molecule has 2 aromatic carbocycles. The van der Waals surface area contributed by atoms with Crippen molar-refractivity contribution in [2.24, 2.45) is 0 Å². The molecule has 21 heavy (non-hydrogen) atoms. The Kier molecular flexibility index (Phi) is 5.74. The first-order valence-electron chi connectivity index (χ1n) is 7.14. The predicted molar refractivity (Wildman–Crippen MR) is 94.0 cm³/mol. The molecule has 0 bridgehead atoms. The van der Waals surface area contributed by atoms with Crippen molar-refractivity contribution in [3.63, 3.8) is 0 Å². The number of nitrogens with one attached hydrogen (secondary N) is 1. The Labute approximate surface area is 137 Å². The van der Waals surface area contributed by atoms with Gasteiger partial charge in [0.1, 0.15) is 0 Å². The zero-order chi connectivity index (χ0) is 15.3. The van der Waals surface area contributed by atoms with Crippen molar-refractivity contribution in [3.8, 4) is 0 Å². The summed E-state index contributed by atoms with van der Waals surface area (Å²) in [6, 6.07) is 16.8. The highest BCUT2D eigenvalue weighted by atomic mass is 35.5. The number of halogens is 1. The van der Waals surface area contributed by atoms with Crippen molar-refractivity contribution in [2.75, 3.05) is 0 Å². The van der Waals surface area contributed by atoms with Crippen molar-refractivity contribution in [3.05, 3.63) is 64.7 Å². The van der Waals surface area contributed by atoms with E-state index in [1.165, 1.54) is 16.0 Å². The van der Waals surface area contributed by atoms with Crippen LogP contribution in [0.3, 0.4) is 0 Å². The number of hydrogen-bond acceptors (Lipinski definition) is 2. The second-order valence-electron chi connectivity index (χ2n) is 6.17. The fraction of sp³-hybridized carbons (Fsp3) is 0.333. The molecule has 1 N–H and O–H groups in total. The smallest absolute Gasteiger partial charge is 0.0409 e.